The van der Waals surface area contributed by atoms with Gasteiger partial charge >= 0.3 is 0 Å². The Kier molecular flexibility index (Phi) is 7.97. The first kappa shape index (κ1) is 27.1. The zero-order chi connectivity index (χ0) is 27.6. The first-order valence-electron chi connectivity index (χ1n) is 12.3. The molecule has 1 atom stereocenters. The predicted octanol–water partition coefficient (Wildman–Crippen LogP) is 6.14. The summed E-state index contributed by atoms with van der Waals surface area (Å²) in [6.07, 6.45) is 0.868. The molecule has 1 heterocycles. The number of ketones is 1. The van der Waals surface area contributed by atoms with E-state index in [9.17, 15) is 14.7 Å². The summed E-state index contributed by atoms with van der Waals surface area (Å²) in [4.78, 5) is 30.2. The number of Topliss-reactive ketones (excluding diaryl/α,β-unsaturated/α-hetero) is 1. The molecule has 7 nitrogen and oxygen atoms in total. The minimum Gasteiger partial charge on any atom is -0.507 e. The Morgan fingerprint density at radius 2 is 1.71 bits per heavy atom. The number of ether oxygens (including phenoxy) is 2. The minimum atomic E-state index is -0.869. The Labute approximate surface area is 227 Å². The summed E-state index contributed by atoms with van der Waals surface area (Å²) in [6, 6.07) is 16.7. The molecule has 1 aliphatic rings. The van der Waals surface area contributed by atoms with Gasteiger partial charge < -0.3 is 19.5 Å². The number of rotatable bonds is 8. The summed E-state index contributed by atoms with van der Waals surface area (Å²) < 4.78 is 11.0. The number of halogens is 1. The molecule has 0 saturated carbocycles. The van der Waals surface area contributed by atoms with E-state index >= 15 is 0 Å². The van der Waals surface area contributed by atoms with Crippen LogP contribution in [0.3, 0.4) is 0 Å². The monoisotopic (exact) mass is 534 g/mol. The third-order valence-electron chi connectivity index (χ3n) is 6.49. The van der Waals surface area contributed by atoms with E-state index in [4.69, 9.17) is 21.1 Å². The highest BCUT2D eigenvalue weighted by Crippen LogP contribution is 2.44. The third-order valence-corrected chi connectivity index (χ3v) is 6.79. The van der Waals surface area contributed by atoms with Crippen LogP contribution in [0.1, 0.15) is 36.1 Å². The molecule has 0 aliphatic carbocycles. The maximum Gasteiger partial charge on any atom is 0.300 e. The first-order chi connectivity index (χ1) is 18.2. The van der Waals surface area contributed by atoms with Crippen LogP contribution in [0.5, 0.6) is 11.5 Å². The largest absolute Gasteiger partial charge is 0.507 e. The van der Waals surface area contributed by atoms with E-state index in [1.807, 2.05) is 57.1 Å². The summed E-state index contributed by atoms with van der Waals surface area (Å²) in [5, 5.41) is 11.8. The number of aliphatic hydroxyl groups is 1. The second-order valence-corrected chi connectivity index (χ2v) is 9.71. The second-order valence-electron chi connectivity index (χ2n) is 9.30. The molecule has 0 radical (unpaired) electrons. The van der Waals surface area contributed by atoms with Gasteiger partial charge in [0.1, 0.15) is 17.3 Å². The van der Waals surface area contributed by atoms with Gasteiger partial charge in [0, 0.05) is 31.0 Å². The van der Waals surface area contributed by atoms with Gasteiger partial charge in [0.15, 0.2) is 0 Å². The average molecular weight is 535 g/mol. The van der Waals surface area contributed by atoms with Gasteiger partial charge in [-0.2, -0.15) is 0 Å². The number of carbonyl (C=O) groups is 2. The Morgan fingerprint density at radius 3 is 2.29 bits per heavy atom. The molecular formula is C30H31ClN2O5. The maximum atomic E-state index is 13.5. The fraction of sp³-hybridized carbons (Fsp3) is 0.267. The molecule has 0 aromatic heterocycles. The van der Waals surface area contributed by atoms with Crippen LogP contribution >= 0.6 is 11.6 Å². The van der Waals surface area contributed by atoms with Crippen LogP contribution in [0.2, 0.25) is 5.02 Å². The number of aryl methyl sites for hydroxylation is 1. The van der Waals surface area contributed by atoms with Gasteiger partial charge in [-0.3, -0.25) is 14.5 Å². The van der Waals surface area contributed by atoms with E-state index in [2.05, 4.69) is 0 Å². The number of aliphatic hydroxyl groups excluding tert-OH is 1. The smallest absolute Gasteiger partial charge is 0.300 e. The summed E-state index contributed by atoms with van der Waals surface area (Å²) in [6.45, 7) is 4.47. The summed E-state index contributed by atoms with van der Waals surface area (Å²) in [7, 11) is 5.35. The number of hydrogen-bond donors (Lipinski definition) is 1. The lowest BCUT2D eigenvalue weighted by Crippen LogP contribution is -2.29. The van der Waals surface area contributed by atoms with Crippen molar-refractivity contribution in [1.29, 1.82) is 0 Å². The highest BCUT2D eigenvalue weighted by atomic mass is 35.5. The van der Waals surface area contributed by atoms with Gasteiger partial charge in [0.2, 0.25) is 0 Å². The van der Waals surface area contributed by atoms with Crippen molar-refractivity contribution in [2.75, 3.05) is 37.6 Å². The number of anilines is 2. The van der Waals surface area contributed by atoms with Crippen LogP contribution in [0.15, 0.2) is 66.2 Å². The van der Waals surface area contributed by atoms with Crippen LogP contribution in [-0.4, -0.2) is 44.6 Å². The fourth-order valence-corrected chi connectivity index (χ4v) is 4.75. The molecule has 1 unspecified atom stereocenters. The Balaban J connectivity index is 1.88. The number of hydrogen-bond acceptors (Lipinski definition) is 6. The summed E-state index contributed by atoms with van der Waals surface area (Å²) in [5.74, 6) is -0.640. The normalized spacial score (nSPS) is 16.6. The Bertz CT molecular complexity index is 1400. The van der Waals surface area contributed by atoms with Crippen molar-refractivity contribution in [2.45, 2.75) is 26.3 Å². The predicted molar refractivity (Wildman–Crippen MR) is 151 cm³/mol. The zero-order valence-corrected chi connectivity index (χ0v) is 22.9. The molecule has 198 valence electrons. The standard InChI is InChI=1S/C30H31ClN2O5/c1-6-15-38-24-13-9-20(16-18(24)2)28(34)26-27(19-7-10-21(11-8-19)32(3)4)33(30(36)29(26)35)22-12-14-25(37-5)23(31)17-22/h7-14,16-17,27,34H,6,15H2,1-5H3/b28-26+. The molecule has 0 bridgehead atoms. The maximum absolute atomic E-state index is 13.5. The van der Waals surface area contributed by atoms with Crippen molar-refractivity contribution in [3.8, 4) is 11.5 Å². The van der Waals surface area contributed by atoms with Crippen LogP contribution in [-0.2, 0) is 9.59 Å². The molecule has 3 aromatic carbocycles. The molecule has 0 spiro atoms. The van der Waals surface area contributed by atoms with Crippen LogP contribution in [0, 0.1) is 6.92 Å². The SMILES string of the molecule is CCCOc1ccc(/C(O)=C2\C(=O)C(=O)N(c3ccc(OC)c(Cl)c3)C2c2ccc(N(C)C)cc2)cc1C. The van der Waals surface area contributed by atoms with Gasteiger partial charge in [-0.05, 0) is 73.0 Å². The van der Waals surface area contributed by atoms with Gasteiger partial charge in [0.25, 0.3) is 11.7 Å². The Hall–Kier alpha value is -3.97. The van der Waals surface area contributed by atoms with E-state index in [1.165, 1.54) is 12.0 Å². The number of carbonyl (C=O) groups excluding carboxylic acids is 2. The number of amides is 1. The van der Waals surface area contributed by atoms with Gasteiger partial charge in [-0.15, -0.1) is 0 Å². The van der Waals surface area contributed by atoms with Gasteiger partial charge in [0.05, 0.1) is 30.4 Å². The zero-order valence-electron chi connectivity index (χ0n) is 22.1. The molecule has 8 heteroatoms. The van der Waals surface area contributed by atoms with Crippen molar-refractivity contribution < 1.29 is 24.2 Å². The van der Waals surface area contributed by atoms with Crippen LogP contribution < -0.4 is 19.3 Å². The number of benzene rings is 3. The molecule has 1 saturated heterocycles. The highest BCUT2D eigenvalue weighted by molar-refractivity contribution is 6.51. The number of nitrogens with zero attached hydrogens (tertiary/aromatic N) is 2. The molecule has 1 N–H and O–H groups in total. The summed E-state index contributed by atoms with van der Waals surface area (Å²) >= 11 is 6.38. The van der Waals surface area contributed by atoms with Gasteiger partial charge in [-0.1, -0.05) is 30.7 Å². The van der Waals surface area contributed by atoms with E-state index < -0.39 is 17.7 Å². The first-order valence-corrected chi connectivity index (χ1v) is 12.7. The van der Waals surface area contributed by atoms with Crippen molar-refractivity contribution in [2.24, 2.45) is 0 Å². The molecule has 1 fully saturated rings. The quantitative estimate of drug-likeness (QED) is 0.212. The lowest BCUT2D eigenvalue weighted by atomic mass is 9.94. The molecule has 38 heavy (non-hydrogen) atoms. The highest BCUT2D eigenvalue weighted by Gasteiger charge is 2.47. The second kappa shape index (κ2) is 11.2. The van der Waals surface area contributed by atoms with Crippen molar-refractivity contribution >= 4 is 40.4 Å². The fourth-order valence-electron chi connectivity index (χ4n) is 4.50. The topological polar surface area (TPSA) is 79.3 Å². The van der Waals surface area contributed by atoms with Gasteiger partial charge in [-0.25, -0.2) is 0 Å². The van der Waals surface area contributed by atoms with Crippen LogP contribution in [0.4, 0.5) is 11.4 Å². The summed E-state index contributed by atoms with van der Waals surface area (Å²) in [5.41, 5.74) is 3.27. The lowest BCUT2D eigenvalue weighted by molar-refractivity contribution is -0.132. The molecule has 3 aromatic rings. The van der Waals surface area contributed by atoms with E-state index in [1.54, 1.807) is 36.4 Å². The van der Waals surface area contributed by atoms with E-state index in [0.717, 1.165) is 17.7 Å². The lowest BCUT2D eigenvalue weighted by Gasteiger charge is -2.26. The minimum absolute atomic E-state index is 0.00108. The average Bonchev–Trinajstić information content (AvgIpc) is 3.17. The molecular weight excluding hydrogens is 504 g/mol. The van der Waals surface area contributed by atoms with E-state index in [0.29, 0.717) is 39.9 Å². The van der Waals surface area contributed by atoms with E-state index in [-0.39, 0.29) is 11.3 Å². The van der Waals surface area contributed by atoms with Crippen molar-refractivity contribution in [3.63, 3.8) is 0 Å². The number of methoxy groups -OCH3 is 1. The van der Waals surface area contributed by atoms with Crippen molar-refractivity contribution in [1.82, 2.24) is 0 Å². The third kappa shape index (κ3) is 5.07. The van der Waals surface area contributed by atoms with Crippen molar-refractivity contribution in [3.05, 3.63) is 87.9 Å². The van der Waals surface area contributed by atoms with Crippen LogP contribution in [0.25, 0.3) is 5.76 Å². The molecule has 4 rings (SSSR count). The molecule has 1 aliphatic heterocycles. The Morgan fingerprint density at radius 1 is 1.03 bits per heavy atom. The molecule has 1 amide bonds.